The molecule has 4 rings (SSSR count). The van der Waals surface area contributed by atoms with Crippen molar-refractivity contribution in [3.63, 3.8) is 0 Å². The van der Waals surface area contributed by atoms with Crippen molar-refractivity contribution in [2.24, 2.45) is 0 Å². The van der Waals surface area contributed by atoms with Crippen LogP contribution < -0.4 is 10.1 Å². The van der Waals surface area contributed by atoms with Crippen molar-refractivity contribution in [3.8, 4) is 5.75 Å². The highest BCUT2D eigenvalue weighted by Crippen LogP contribution is 2.22. The van der Waals surface area contributed by atoms with E-state index in [1.165, 1.54) is 0 Å². The number of carbonyl (C=O) groups excluding carboxylic acids is 1. The van der Waals surface area contributed by atoms with Gasteiger partial charge in [-0.05, 0) is 53.4 Å². The van der Waals surface area contributed by atoms with E-state index in [0.29, 0.717) is 25.4 Å². The Morgan fingerprint density at radius 3 is 2.31 bits per heavy atom. The van der Waals surface area contributed by atoms with Gasteiger partial charge in [0.25, 0.3) is 5.91 Å². The molecule has 0 bridgehead atoms. The second kappa shape index (κ2) is 10.1. The van der Waals surface area contributed by atoms with Crippen LogP contribution in [-0.4, -0.2) is 38.3 Å². The van der Waals surface area contributed by atoms with Gasteiger partial charge in [0.2, 0.25) is 10.0 Å². The van der Waals surface area contributed by atoms with E-state index in [4.69, 9.17) is 4.74 Å². The zero-order chi connectivity index (χ0) is 22.4. The third kappa shape index (κ3) is 5.29. The second-order valence-electron chi connectivity index (χ2n) is 7.99. The van der Waals surface area contributed by atoms with E-state index < -0.39 is 10.0 Å². The van der Waals surface area contributed by atoms with Crippen LogP contribution in [0.5, 0.6) is 5.75 Å². The molecule has 1 aliphatic rings. The van der Waals surface area contributed by atoms with Crippen molar-refractivity contribution in [3.05, 3.63) is 72.3 Å². The number of fused-ring (bicyclic) bond motifs is 1. The van der Waals surface area contributed by atoms with Crippen LogP contribution in [0.3, 0.4) is 0 Å². The normalized spacial score (nSPS) is 15.2. The van der Waals surface area contributed by atoms with E-state index in [9.17, 15) is 13.2 Å². The van der Waals surface area contributed by atoms with Crippen LogP contribution in [0.25, 0.3) is 10.8 Å². The van der Waals surface area contributed by atoms with Crippen LogP contribution in [0.4, 0.5) is 0 Å². The van der Waals surface area contributed by atoms with E-state index in [1.54, 1.807) is 28.6 Å². The molecular formula is C25H28N2O4S. The highest BCUT2D eigenvalue weighted by Gasteiger charge is 2.25. The van der Waals surface area contributed by atoms with Crippen LogP contribution in [0.2, 0.25) is 0 Å². The summed E-state index contributed by atoms with van der Waals surface area (Å²) in [6.07, 6.45) is 3.94. The van der Waals surface area contributed by atoms with Gasteiger partial charge in [-0.1, -0.05) is 55.3 Å². The van der Waals surface area contributed by atoms with Crippen LogP contribution >= 0.6 is 0 Å². The number of nitrogens with one attached hydrogen (secondary N) is 1. The lowest BCUT2D eigenvalue weighted by Crippen LogP contribution is -2.31. The monoisotopic (exact) mass is 452 g/mol. The first-order chi connectivity index (χ1) is 15.5. The molecule has 3 aromatic carbocycles. The van der Waals surface area contributed by atoms with Crippen molar-refractivity contribution < 1.29 is 17.9 Å². The Labute approximate surface area is 189 Å². The Morgan fingerprint density at radius 1 is 0.875 bits per heavy atom. The molecule has 0 atom stereocenters. The van der Waals surface area contributed by atoms with Gasteiger partial charge in [-0.15, -0.1) is 0 Å². The molecule has 32 heavy (non-hydrogen) atoms. The summed E-state index contributed by atoms with van der Waals surface area (Å²) in [6.45, 7) is 1.41. The Morgan fingerprint density at radius 2 is 1.56 bits per heavy atom. The van der Waals surface area contributed by atoms with Crippen LogP contribution in [0, 0.1) is 0 Å². The fourth-order valence-corrected chi connectivity index (χ4v) is 5.50. The van der Waals surface area contributed by atoms with Crippen molar-refractivity contribution in [2.45, 2.75) is 37.1 Å². The van der Waals surface area contributed by atoms with Crippen LogP contribution in [0.1, 0.15) is 31.2 Å². The standard InChI is InChI=1S/C25H28N2O4S/c28-25(26-18-21-10-7-9-20-8-3-4-11-24(20)21)19-31-22-12-14-23(15-13-22)32(29,30)27-16-5-1-2-6-17-27/h3-4,7-15H,1-2,5-6,16-19H2,(H,26,28). The summed E-state index contributed by atoms with van der Waals surface area (Å²) in [6, 6.07) is 20.3. The Balaban J connectivity index is 1.31. The Bertz CT molecular complexity index is 1160. The third-order valence-electron chi connectivity index (χ3n) is 5.75. The minimum atomic E-state index is -3.49. The van der Waals surface area contributed by atoms with Crippen LogP contribution in [0.15, 0.2) is 71.6 Å². The molecule has 3 aromatic rings. The fraction of sp³-hybridized carbons (Fsp3) is 0.320. The second-order valence-corrected chi connectivity index (χ2v) is 9.93. The van der Waals surface area contributed by atoms with Crippen molar-refractivity contribution in [2.75, 3.05) is 19.7 Å². The SMILES string of the molecule is O=C(COc1ccc(S(=O)(=O)N2CCCCCC2)cc1)NCc1cccc2ccccc12. The average Bonchev–Trinajstić information content (AvgIpc) is 3.12. The molecule has 168 valence electrons. The first-order valence-corrected chi connectivity index (χ1v) is 12.4. The van der Waals surface area contributed by atoms with E-state index >= 15 is 0 Å². The topological polar surface area (TPSA) is 75.7 Å². The first kappa shape index (κ1) is 22.3. The van der Waals surface area contributed by atoms with Gasteiger partial charge in [0.1, 0.15) is 5.75 Å². The van der Waals surface area contributed by atoms with Crippen molar-refractivity contribution >= 4 is 26.7 Å². The minimum absolute atomic E-state index is 0.136. The summed E-state index contributed by atoms with van der Waals surface area (Å²) in [5.41, 5.74) is 1.04. The molecule has 0 saturated carbocycles. The summed E-state index contributed by atoms with van der Waals surface area (Å²) in [7, 11) is -3.49. The summed E-state index contributed by atoms with van der Waals surface area (Å²) >= 11 is 0. The molecule has 1 saturated heterocycles. The molecule has 7 heteroatoms. The molecule has 1 aliphatic heterocycles. The predicted molar refractivity (Wildman–Crippen MR) is 125 cm³/mol. The largest absolute Gasteiger partial charge is 0.484 e. The van der Waals surface area contributed by atoms with E-state index in [-0.39, 0.29) is 17.4 Å². The quantitative estimate of drug-likeness (QED) is 0.586. The van der Waals surface area contributed by atoms with Gasteiger partial charge >= 0.3 is 0 Å². The third-order valence-corrected chi connectivity index (χ3v) is 7.67. The molecule has 1 N–H and O–H groups in total. The predicted octanol–water partition coefficient (Wildman–Crippen LogP) is 4.10. The smallest absolute Gasteiger partial charge is 0.258 e. The molecule has 6 nitrogen and oxygen atoms in total. The molecule has 0 radical (unpaired) electrons. The number of sulfonamides is 1. The maximum atomic E-state index is 12.9. The Hall–Kier alpha value is -2.90. The van der Waals surface area contributed by atoms with Gasteiger partial charge < -0.3 is 10.1 Å². The zero-order valence-electron chi connectivity index (χ0n) is 18.0. The average molecular weight is 453 g/mol. The van der Waals surface area contributed by atoms with Gasteiger partial charge in [0.15, 0.2) is 6.61 Å². The van der Waals surface area contributed by atoms with Crippen LogP contribution in [-0.2, 0) is 21.4 Å². The molecular weight excluding hydrogens is 424 g/mol. The molecule has 1 amide bonds. The van der Waals surface area contributed by atoms with E-state index in [1.807, 2.05) is 42.5 Å². The van der Waals surface area contributed by atoms with Gasteiger partial charge in [-0.3, -0.25) is 4.79 Å². The summed E-state index contributed by atoms with van der Waals surface area (Å²) < 4.78 is 32.8. The zero-order valence-corrected chi connectivity index (χ0v) is 18.8. The summed E-state index contributed by atoms with van der Waals surface area (Å²) in [5, 5.41) is 5.12. The number of rotatable bonds is 7. The number of hydrogen-bond acceptors (Lipinski definition) is 4. The maximum Gasteiger partial charge on any atom is 0.258 e. The maximum absolute atomic E-state index is 12.9. The Kier molecular flexibility index (Phi) is 7.07. The lowest BCUT2D eigenvalue weighted by atomic mass is 10.0. The highest BCUT2D eigenvalue weighted by molar-refractivity contribution is 7.89. The van der Waals surface area contributed by atoms with Gasteiger partial charge in [-0.25, -0.2) is 8.42 Å². The van der Waals surface area contributed by atoms with Gasteiger partial charge in [-0.2, -0.15) is 4.31 Å². The lowest BCUT2D eigenvalue weighted by molar-refractivity contribution is -0.123. The molecule has 0 aliphatic carbocycles. The molecule has 0 unspecified atom stereocenters. The number of nitrogens with zero attached hydrogens (tertiary/aromatic N) is 1. The fourth-order valence-electron chi connectivity index (χ4n) is 3.98. The number of carbonyl (C=O) groups is 1. The highest BCUT2D eigenvalue weighted by atomic mass is 32.2. The van der Waals surface area contributed by atoms with Gasteiger partial charge in [0.05, 0.1) is 4.90 Å². The van der Waals surface area contributed by atoms with Crippen molar-refractivity contribution in [1.29, 1.82) is 0 Å². The first-order valence-electron chi connectivity index (χ1n) is 11.0. The minimum Gasteiger partial charge on any atom is -0.484 e. The summed E-state index contributed by atoms with van der Waals surface area (Å²) in [5.74, 6) is 0.222. The number of hydrogen-bond donors (Lipinski definition) is 1. The number of ether oxygens (including phenoxy) is 1. The lowest BCUT2D eigenvalue weighted by Gasteiger charge is -2.20. The molecule has 0 spiro atoms. The van der Waals surface area contributed by atoms with E-state index in [0.717, 1.165) is 42.0 Å². The number of amides is 1. The summed E-state index contributed by atoms with van der Waals surface area (Å²) in [4.78, 5) is 12.5. The van der Waals surface area contributed by atoms with E-state index in [2.05, 4.69) is 5.32 Å². The molecule has 1 heterocycles. The van der Waals surface area contributed by atoms with Gasteiger partial charge in [0, 0.05) is 19.6 Å². The number of benzene rings is 3. The van der Waals surface area contributed by atoms with Crippen molar-refractivity contribution in [1.82, 2.24) is 9.62 Å². The molecule has 1 fully saturated rings. The molecule has 0 aromatic heterocycles.